The van der Waals surface area contributed by atoms with Crippen molar-refractivity contribution >= 4 is 5.91 Å². The van der Waals surface area contributed by atoms with E-state index in [1.165, 1.54) is 0 Å². The van der Waals surface area contributed by atoms with E-state index in [9.17, 15) is 4.79 Å². The van der Waals surface area contributed by atoms with Crippen LogP contribution in [0.15, 0.2) is 36.5 Å². The summed E-state index contributed by atoms with van der Waals surface area (Å²) in [5.74, 6) is -0.208. The van der Waals surface area contributed by atoms with Gasteiger partial charge in [-0.2, -0.15) is 5.10 Å². The number of amides is 1. The van der Waals surface area contributed by atoms with Crippen LogP contribution < -0.4 is 10.6 Å². The van der Waals surface area contributed by atoms with Crippen molar-refractivity contribution in [3.63, 3.8) is 0 Å². The lowest BCUT2D eigenvalue weighted by Gasteiger charge is -2.22. The third kappa shape index (κ3) is 4.22. The highest BCUT2D eigenvalue weighted by molar-refractivity contribution is 5.92. The summed E-state index contributed by atoms with van der Waals surface area (Å²) < 4.78 is 3.74. The molecular formula is C21H27N7O. The lowest BCUT2D eigenvalue weighted by molar-refractivity contribution is 0.0934. The predicted molar refractivity (Wildman–Crippen MR) is 110 cm³/mol. The summed E-state index contributed by atoms with van der Waals surface area (Å²) in [5.41, 5.74) is 4.46. The fourth-order valence-electron chi connectivity index (χ4n) is 3.78. The molecule has 3 aromatic rings. The standard InChI is InChI=1S/C21H27N7O/c1-14-12-15(2)28(25-14)19-6-4-17(5-7-19)16(3)23-21(29)20-13-27(26-24-20)18-8-10-22-11-9-18/h4-7,12-13,16,18,22H,8-11H2,1-3H3,(H,23,29). The molecule has 2 N–H and O–H groups in total. The van der Waals surface area contributed by atoms with Gasteiger partial charge in [0, 0.05) is 5.69 Å². The first kappa shape index (κ1) is 19.3. The first-order valence-corrected chi connectivity index (χ1v) is 10.1. The Morgan fingerprint density at radius 3 is 2.59 bits per heavy atom. The molecule has 1 atom stereocenters. The molecule has 0 radical (unpaired) electrons. The van der Waals surface area contributed by atoms with E-state index in [0.717, 1.165) is 48.6 Å². The van der Waals surface area contributed by atoms with Gasteiger partial charge < -0.3 is 10.6 Å². The Hall–Kier alpha value is -3.00. The molecule has 29 heavy (non-hydrogen) atoms. The Bertz CT molecular complexity index is 983. The van der Waals surface area contributed by atoms with Crippen molar-refractivity contribution in [3.8, 4) is 5.69 Å². The lowest BCUT2D eigenvalue weighted by Crippen LogP contribution is -2.29. The van der Waals surface area contributed by atoms with Crippen molar-refractivity contribution < 1.29 is 4.79 Å². The van der Waals surface area contributed by atoms with Gasteiger partial charge in [-0.05, 0) is 70.5 Å². The number of piperidine rings is 1. The molecule has 0 saturated carbocycles. The van der Waals surface area contributed by atoms with Crippen LogP contribution in [0.3, 0.4) is 0 Å². The van der Waals surface area contributed by atoms with Crippen LogP contribution in [0.1, 0.15) is 59.3 Å². The smallest absolute Gasteiger partial charge is 0.273 e. The molecule has 3 heterocycles. The maximum atomic E-state index is 12.6. The van der Waals surface area contributed by atoms with E-state index in [1.807, 2.05) is 60.5 Å². The number of aromatic nitrogens is 5. The third-order valence-electron chi connectivity index (χ3n) is 5.42. The highest BCUT2D eigenvalue weighted by Crippen LogP contribution is 2.19. The Labute approximate surface area is 170 Å². The van der Waals surface area contributed by atoms with E-state index in [1.54, 1.807) is 6.20 Å². The molecule has 8 nitrogen and oxygen atoms in total. The predicted octanol–water partition coefficient (Wildman–Crippen LogP) is 2.50. The van der Waals surface area contributed by atoms with E-state index in [-0.39, 0.29) is 11.9 Å². The number of benzene rings is 1. The van der Waals surface area contributed by atoms with Gasteiger partial charge in [0.05, 0.1) is 29.7 Å². The zero-order valence-electron chi connectivity index (χ0n) is 17.1. The Morgan fingerprint density at radius 1 is 1.21 bits per heavy atom. The number of hydrogen-bond acceptors (Lipinski definition) is 5. The average molecular weight is 393 g/mol. The molecule has 8 heteroatoms. The quantitative estimate of drug-likeness (QED) is 0.695. The van der Waals surface area contributed by atoms with Gasteiger partial charge in [0.1, 0.15) is 0 Å². The topological polar surface area (TPSA) is 89.7 Å². The van der Waals surface area contributed by atoms with Crippen molar-refractivity contribution in [1.29, 1.82) is 0 Å². The summed E-state index contributed by atoms with van der Waals surface area (Å²) in [6, 6.07) is 10.3. The molecule has 1 fully saturated rings. The normalized spacial score (nSPS) is 16.0. The Balaban J connectivity index is 1.41. The first-order valence-electron chi connectivity index (χ1n) is 10.1. The largest absolute Gasteiger partial charge is 0.344 e. The van der Waals surface area contributed by atoms with Crippen LogP contribution in [0, 0.1) is 13.8 Å². The number of nitrogens with one attached hydrogen (secondary N) is 2. The van der Waals surface area contributed by atoms with Crippen LogP contribution in [-0.4, -0.2) is 43.8 Å². The van der Waals surface area contributed by atoms with Crippen molar-refractivity contribution in [2.45, 2.75) is 45.7 Å². The first-order chi connectivity index (χ1) is 14.0. The van der Waals surface area contributed by atoms with E-state index in [4.69, 9.17) is 0 Å². The van der Waals surface area contributed by atoms with Crippen LogP contribution in [-0.2, 0) is 0 Å². The summed E-state index contributed by atoms with van der Waals surface area (Å²) in [5, 5.41) is 19.1. The van der Waals surface area contributed by atoms with E-state index in [2.05, 4.69) is 26.0 Å². The highest BCUT2D eigenvalue weighted by atomic mass is 16.2. The maximum Gasteiger partial charge on any atom is 0.273 e. The Kier molecular flexibility index (Phi) is 5.44. The van der Waals surface area contributed by atoms with Gasteiger partial charge in [0.15, 0.2) is 5.69 Å². The van der Waals surface area contributed by atoms with Crippen LogP contribution in [0.2, 0.25) is 0 Å². The second-order valence-corrected chi connectivity index (χ2v) is 7.69. The molecule has 1 unspecified atom stereocenters. The van der Waals surface area contributed by atoms with E-state index < -0.39 is 0 Å². The van der Waals surface area contributed by atoms with E-state index >= 15 is 0 Å². The average Bonchev–Trinajstić information content (AvgIpc) is 3.35. The Morgan fingerprint density at radius 2 is 1.93 bits per heavy atom. The highest BCUT2D eigenvalue weighted by Gasteiger charge is 2.20. The minimum Gasteiger partial charge on any atom is -0.344 e. The third-order valence-corrected chi connectivity index (χ3v) is 5.42. The zero-order valence-corrected chi connectivity index (χ0v) is 17.1. The summed E-state index contributed by atoms with van der Waals surface area (Å²) in [4.78, 5) is 12.6. The number of hydrogen-bond donors (Lipinski definition) is 2. The monoisotopic (exact) mass is 393 g/mol. The molecule has 1 amide bonds. The number of carbonyl (C=O) groups excluding carboxylic acids is 1. The maximum absolute atomic E-state index is 12.6. The van der Waals surface area contributed by atoms with Gasteiger partial charge in [0.25, 0.3) is 5.91 Å². The van der Waals surface area contributed by atoms with E-state index in [0.29, 0.717) is 11.7 Å². The second-order valence-electron chi connectivity index (χ2n) is 7.69. The fraction of sp³-hybridized carbons (Fsp3) is 0.429. The zero-order chi connectivity index (χ0) is 20.4. The summed E-state index contributed by atoms with van der Waals surface area (Å²) in [7, 11) is 0. The molecule has 0 spiro atoms. The van der Waals surface area contributed by atoms with Crippen LogP contribution in [0.4, 0.5) is 0 Å². The molecule has 152 valence electrons. The molecule has 1 saturated heterocycles. The van der Waals surface area contributed by atoms with Gasteiger partial charge in [0.2, 0.25) is 0 Å². The molecule has 0 aliphatic carbocycles. The van der Waals surface area contributed by atoms with Gasteiger partial charge in [-0.25, -0.2) is 9.36 Å². The molecule has 2 aromatic heterocycles. The van der Waals surface area contributed by atoms with Crippen molar-refractivity contribution in [2.75, 3.05) is 13.1 Å². The van der Waals surface area contributed by atoms with Crippen molar-refractivity contribution in [3.05, 3.63) is 59.2 Å². The summed E-state index contributed by atoms with van der Waals surface area (Å²) in [6.07, 6.45) is 3.76. The van der Waals surface area contributed by atoms with Crippen LogP contribution in [0.25, 0.3) is 5.69 Å². The SMILES string of the molecule is Cc1cc(C)n(-c2ccc(C(C)NC(=O)c3cn(C4CCNCC4)nn3)cc2)n1. The minimum absolute atomic E-state index is 0.138. The summed E-state index contributed by atoms with van der Waals surface area (Å²) >= 11 is 0. The summed E-state index contributed by atoms with van der Waals surface area (Å²) in [6.45, 7) is 7.92. The van der Waals surface area contributed by atoms with Crippen LogP contribution in [0.5, 0.6) is 0 Å². The number of carbonyl (C=O) groups is 1. The van der Waals surface area contributed by atoms with Crippen molar-refractivity contribution in [2.24, 2.45) is 0 Å². The van der Waals surface area contributed by atoms with Crippen molar-refractivity contribution in [1.82, 2.24) is 35.4 Å². The minimum atomic E-state index is -0.208. The lowest BCUT2D eigenvalue weighted by atomic mass is 10.1. The van der Waals surface area contributed by atoms with Gasteiger partial charge in [-0.1, -0.05) is 17.3 Å². The molecule has 4 rings (SSSR count). The molecule has 1 aromatic carbocycles. The number of aryl methyl sites for hydroxylation is 2. The number of rotatable bonds is 5. The molecule has 0 bridgehead atoms. The molecular weight excluding hydrogens is 366 g/mol. The fourth-order valence-corrected chi connectivity index (χ4v) is 3.78. The van der Waals surface area contributed by atoms with Gasteiger partial charge >= 0.3 is 0 Å². The molecule has 1 aliphatic heterocycles. The van der Waals surface area contributed by atoms with Gasteiger partial charge in [-0.15, -0.1) is 5.10 Å². The number of nitrogens with zero attached hydrogens (tertiary/aromatic N) is 5. The van der Waals surface area contributed by atoms with Crippen LogP contribution >= 0.6 is 0 Å². The van der Waals surface area contributed by atoms with Gasteiger partial charge in [-0.3, -0.25) is 4.79 Å². The second kappa shape index (κ2) is 8.16. The molecule has 1 aliphatic rings.